The Morgan fingerprint density at radius 2 is 1.50 bits per heavy atom. The zero-order chi connectivity index (χ0) is 13.0. The number of non-ortho nitro benzene ring substituents is 1. The van der Waals surface area contributed by atoms with Crippen LogP contribution in [0, 0.1) is 10.1 Å². The summed E-state index contributed by atoms with van der Waals surface area (Å²) >= 11 is 0. The first-order chi connectivity index (χ1) is 8.69. The van der Waals surface area contributed by atoms with Gasteiger partial charge < -0.3 is 10.1 Å². The van der Waals surface area contributed by atoms with Crippen molar-refractivity contribution < 1.29 is 9.66 Å². The SMILES string of the molecule is COc1ccc(Nc2ccc([N+](=O)[O-])cc2)cc1. The van der Waals surface area contributed by atoms with Crippen molar-refractivity contribution in [3.8, 4) is 5.75 Å². The van der Waals surface area contributed by atoms with Gasteiger partial charge in [0, 0.05) is 23.5 Å². The molecule has 0 amide bonds. The van der Waals surface area contributed by atoms with Crippen molar-refractivity contribution >= 4 is 17.1 Å². The van der Waals surface area contributed by atoms with E-state index in [0.717, 1.165) is 17.1 Å². The number of nitro benzene ring substituents is 1. The summed E-state index contributed by atoms with van der Waals surface area (Å²) in [6.45, 7) is 0. The van der Waals surface area contributed by atoms with E-state index in [2.05, 4.69) is 5.32 Å². The zero-order valence-electron chi connectivity index (χ0n) is 9.79. The summed E-state index contributed by atoms with van der Waals surface area (Å²) < 4.78 is 5.06. The van der Waals surface area contributed by atoms with Crippen LogP contribution in [-0.2, 0) is 0 Å². The molecule has 0 bridgehead atoms. The van der Waals surface area contributed by atoms with Crippen LogP contribution < -0.4 is 10.1 Å². The number of nitrogens with zero attached hydrogens (tertiary/aromatic N) is 1. The second-order valence-electron chi connectivity index (χ2n) is 3.66. The second kappa shape index (κ2) is 5.18. The van der Waals surface area contributed by atoms with Gasteiger partial charge in [0.1, 0.15) is 5.75 Å². The van der Waals surface area contributed by atoms with Crippen molar-refractivity contribution in [1.29, 1.82) is 0 Å². The summed E-state index contributed by atoms with van der Waals surface area (Å²) in [5.74, 6) is 0.782. The van der Waals surface area contributed by atoms with Crippen molar-refractivity contribution in [1.82, 2.24) is 0 Å². The average molecular weight is 244 g/mol. The molecule has 1 N–H and O–H groups in total. The molecule has 0 spiro atoms. The van der Waals surface area contributed by atoms with Gasteiger partial charge in [-0.1, -0.05) is 0 Å². The molecule has 0 aliphatic heterocycles. The Kier molecular flexibility index (Phi) is 3.43. The Hall–Kier alpha value is -2.56. The molecule has 0 saturated carbocycles. The molecule has 0 atom stereocenters. The largest absolute Gasteiger partial charge is 0.497 e. The number of hydrogen-bond donors (Lipinski definition) is 1. The fourth-order valence-corrected chi connectivity index (χ4v) is 1.51. The standard InChI is InChI=1S/C13H12N2O3/c1-18-13-8-4-11(5-9-13)14-10-2-6-12(7-3-10)15(16)17/h2-9,14H,1H3. The predicted molar refractivity (Wildman–Crippen MR) is 69.4 cm³/mol. The minimum Gasteiger partial charge on any atom is -0.497 e. The fraction of sp³-hybridized carbons (Fsp3) is 0.0769. The van der Waals surface area contributed by atoms with Crippen molar-refractivity contribution in [3.05, 3.63) is 58.6 Å². The van der Waals surface area contributed by atoms with Gasteiger partial charge in [-0.3, -0.25) is 10.1 Å². The van der Waals surface area contributed by atoms with Crippen molar-refractivity contribution in [2.24, 2.45) is 0 Å². The Labute approximate surface area is 104 Å². The third kappa shape index (κ3) is 2.76. The second-order valence-corrected chi connectivity index (χ2v) is 3.66. The van der Waals surface area contributed by atoms with Gasteiger partial charge in [0.05, 0.1) is 12.0 Å². The lowest BCUT2D eigenvalue weighted by atomic mass is 10.2. The molecule has 0 fully saturated rings. The smallest absolute Gasteiger partial charge is 0.269 e. The Bertz CT molecular complexity index is 535. The first kappa shape index (κ1) is 11.9. The molecule has 5 nitrogen and oxygen atoms in total. The highest BCUT2D eigenvalue weighted by molar-refractivity contribution is 5.61. The van der Waals surface area contributed by atoms with Crippen LogP contribution in [0.25, 0.3) is 0 Å². The van der Waals surface area contributed by atoms with Gasteiger partial charge in [0.15, 0.2) is 0 Å². The third-order valence-electron chi connectivity index (χ3n) is 2.46. The zero-order valence-corrected chi connectivity index (χ0v) is 9.79. The molecule has 5 heteroatoms. The van der Waals surface area contributed by atoms with E-state index in [0.29, 0.717) is 0 Å². The molecule has 0 aromatic heterocycles. The van der Waals surface area contributed by atoms with E-state index in [4.69, 9.17) is 4.74 Å². The van der Waals surface area contributed by atoms with E-state index in [-0.39, 0.29) is 5.69 Å². The van der Waals surface area contributed by atoms with Gasteiger partial charge in [-0.2, -0.15) is 0 Å². The maximum Gasteiger partial charge on any atom is 0.269 e. The van der Waals surface area contributed by atoms with Crippen LogP contribution in [0.5, 0.6) is 5.75 Å². The maximum atomic E-state index is 10.5. The van der Waals surface area contributed by atoms with Gasteiger partial charge in [-0.05, 0) is 36.4 Å². The third-order valence-corrected chi connectivity index (χ3v) is 2.46. The summed E-state index contributed by atoms with van der Waals surface area (Å²) in [7, 11) is 1.61. The minimum atomic E-state index is -0.419. The van der Waals surface area contributed by atoms with Gasteiger partial charge in [-0.25, -0.2) is 0 Å². The van der Waals surface area contributed by atoms with Crippen LogP contribution in [-0.4, -0.2) is 12.0 Å². The van der Waals surface area contributed by atoms with E-state index >= 15 is 0 Å². The van der Waals surface area contributed by atoms with E-state index in [9.17, 15) is 10.1 Å². The number of nitrogens with one attached hydrogen (secondary N) is 1. The molecular formula is C13H12N2O3. The highest BCUT2D eigenvalue weighted by atomic mass is 16.6. The molecule has 0 aliphatic rings. The number of benzene rings is 2. The van der Waals surface area contributed by atoms with Crippen LogP contribution in [0.15, 0.2) is 48.5 Å². The Balaban J connectivity index is 2.10. The molecule has 2 aromatic rings. The Morgan fingerprint density at radius 1 is 1.00 bits per heavy atom. The monoisotopic (exact) mass is 244 g/mol. The van der Waals surface area contributed by atoms with E-state index in [1.54, 1.807) is 19.2 Å². The molecule has 0 unspecified atom stereocenters. The summed E-state index contributed by atoms with van der Waals surface area (Å²) in [4.78, 5) is 10.1. The van der Waals surface area contributed by atoms with Crippen LogP contribution in [0.3, 0.4) is 0 Å². The van der Waals surface area contributed by atoms with E-state index in [1.165, 1.54) is 12.1 Å². The molecule has 92 valence electrons. The summed E-state index contributed by atoms with van der Waals surface area (Å²) in [5, 5.41) is 13.7. The number of nitro groups is 1. The number of hydrogen-bond acceptors (Lipinski definition) is 4. The normalized spacial score (nSPS) is 9.83. The summed E-state index contributed by atoms with van der Waals surface area (Å²) in [6, 6.07) is 13.7. The molecule has 2 rings (SSSR count). The average Bonchev–Trinajstić information content (AvgIpc) is 2.40. The molecule has 18 heavy (non-hydrogen) atoms. The topological polar surface area (TPSA) is 64.4 Å². The highest BCUT2D eigenvalue weighted by Gasteiger charge is 2.03. The lowest BCUT2D eigenvalue weighted by Gasteiger charge is -2.06. The highest BCUT2D eigenvalue weighted by Crippen LogP contribution is 2.21. The minimum absolute atomic E-state index is 0.0790. The Morgan fingerprint density at radius 3 is 1.94 bits per heavy atom. The molecule has 0 aliphatic carbocycles. The number of anilines is 2. The van der Waals surface area contributed by atoms with Gasteiger partial charge >= 0.3 is 0 Å². The quantitative estimate of drug-likeness (QED) is 0.661. The molecule has 0 saturated heterocycles. The number of methoxy groups -OCH3 is 1. The lowest BCUT2D eigenvalue weighted by Crippen LogP contribution is -1.92. The van der Waals surface area contributed by atoms with Crippen molar-refractivity contribution in [3.63, 3.8) is 0 Å². The van der Waals surface area contributed by atoms with Gasteiger partial charge in [-0.15, -0.1) is 0 Å². The van der Waals surface area contributed by atoms with E-state index < -0.39 is 4.92 Å². The van der Waals surface area contributed by atoms with Gasteiger partial charge in [0.25, 0.3) is 5.69 Å². The fourth-order valence-electron chi connectivity index (χ4n) is 1.51. The summed E-state index contributed by atoms with van der Waals surface area (Å²) in [5.41, 5.74) is 1.77. The summed E-state index contributed by atoms with van der Waals surface area (Å²) in [6.07, 6.45) is 0. The van der Waals surface area contributed by atoms with E-state index in [1.807, 2.05) is 24.3 Å². The molecular weight excluding hydrogens is 232 g/mol. The van der Waals surface area contributed by atoms with Crippen LogP contribution in [0.2, 0.25) is 0 Å². The van der Waals surface area contributed by atoms with Crippen molar-refractivity contribution in [2.45, 2.75) is 0 Å². The first-order valence-corrected chi connectivity index (χ1v) is 5.34. The predicted octanol–water partition coefficient (Wildman–Crippen LogP) is 3.35. The first-order valence-electron chi connectivity index (χ1n) is 5.34. The lowest BCUT2D eigenvalue weighted by molar-refractivity contribution is -0.384. The number of rotatable bonds is 4. The van der Waals surface area contributed by atoms with Crippen LogP contribution in [0.4, 0.5) is 17.1 Å². The van der Waals surface area contributed by atoms with Crippen LogP contribution in [0.1, 0.15) is 0 Å². The van der Waals surface area contributed by atoms with Gasteiger partial charge in [0.2, 0.25) is 0 Å². The van der Waals surface area contributed by atoms with Crippen LogP contribution >= 0.6 is 0 Å². The maximum absolute atomic E-state index is 10.5. The molecule has 0 radical (unpaired) electrons. The number of ether oxygens (including phenoxy) is 1. The molecule has 0 heterocycles. The molecule has 2 aromatic carbocycles. The van der Waals surface area contributed by atoms with Crippen molar-refractivity contribution in [2.75, 3.05) is 12.4 Å².